The van der Waals surface area contributed by atoms with E-state index in [0.29, 0.717) is 16.6 Å². The van der Waals surface area contributed by atoms with Crippen molar-refractivity contribution in [3.05, 3.63) is 64.4 Å². The molecule has 0 aliphatic heterocycles. The molecule has 0 radical (unpaired) electrons. The van der Waals surface area contributed by atoms with Gasteiger partial charge in [0, 0.05) is 29.9 Å². The second-order valence-electron chi connectivity index (χ2n) is 5.23. The zero-order chi connectivity index (χ0) is 18.0. The summed E-state index contributed by atoms with van der Waals surface area (Å²) in [6, 6.07) is 7.57. The van der Waals surface area contributed by atoms with Crippen molar-refractivity contribution in [2.24, 2.45) is 0 Å². The second kappa shape index (κ2) is 6.34. The highest BCUT2D eigenvalue weighted by Crippen LogP contribution is 2.21. The summed E-state index contributed by atoms with van der Waals surface area (Å²) in [7, 11) is 0. The number of aromatic nitrogens is 3. The van der Waals surface area contributed by atoms with Gasteiger partial charge in [0.1, 0.15) is 12.4 Å². The molecule has 3 rings (SSSR count). The standard InChI is InChI=1S/C16H11F3N4O2/c17-16(18,19)10-22-8-7-20-15(22)6-3-12-2-1-11-9-13(23(24)25)4-5-14(11)21-12/h1-9H,10H2/b6-3+. The third-order valence-electron chi connectivity index (χ3n) is 3.41. The Morgan fingerprint density at radius 1 is 1.20 bits per heavy atom. The molecule has 3 aromatic rings. The molecule has 128 valence electrons. The Hall–Kier alpha value is -3.23. The number of imidazole rings is 1. The number of nitro groups is 1. The largest absolute Gasteiger partial charge is 0.406 e. The molecular formula is C16H11F3N4O2. The van der Waals surface area contributed by atoms with Crippen LogP contribution >= 0.6 is 0 Å². The van der Waals surface area contributed by atoms with Crippen LogP contribution in [0.15, 0.2) is 42.7 Å². The molecule has 1 aromatic carbocycles. The highest BCUT2D eigenvalue weighted by Gasteiger charge is 2.28. The summed E-state index contributed by atoms with van der Waals surface area (Å²) in [4.78, 5) is 18.5. The molecule has 0 unspecified atom stereocenters. The number of non-ortho nitro benzene ring substituents is 1. The minimum absolute atomic E-state index is 0.0354. The summed E-state index contributed by atoms with van der Waals surface area (Å²) in [6.07, 6.45) is 1.18. The molecule has 0 fully saturated rings. The van der Waals surface area contributed by atoms with Crippen molar-refractivity contribution in [2.45, 2.75) is 12.7 Å². The molecule has 0 atom stereocenters. The molecule has 6 nitrogen and oxygen atoms in total. The highest BCUT2D eigenvalue weighted by atomic mass is 19.4. The SMILES string of the molecule is O=[N+]([O-])c1ccc2nc(/C=C/c3nccn3CC(F)(F)F)ccc2c1. The summed E-state index contributed by atoms with van der Waals surface area (Å²) >= 11 is 0. The van der Waals surface area contributed by atoms with Gasteiger partial charge in [0.25, 0.3) is 5.69 Å². The number of hydrogen-bond donors (Lipinski definition) is 0. The number of pyridine rings is 1. The van der Waals surface area contributed by atoms with Gasteiger partial charge in [-0.3, -0.25) is 10.1 Å². The second-order valence-corrected chi connectivity index (χ2v) is 5.23. The number of nitrogens with zero attached hydrogens (tertiary/aromatic N) is 4. The molecular weight excluding hydrogens is 337 g/mol. The van der Waals surface area contributed by atoms with Crippen molar-refractivity contribution in [2.75, 3.05) is 0 Å². The summed E-state index contributed by atoms with van der Waals surface area (Å²) in [6.45, 7) is -1.12. The quantitative estimate of drug-likeness (QED) is 0.526. The molecule has 2 aromatic heterocycles. The lowest BCUT2D eigenvalue weighted by Crippen LogP contribution is -2.17. The zero-order valence-electron chi connectivity index (χ0n) is 12.6. The minimum Gasteiger partial charge on any atom is -0.322 e. The minimum atomic E-state index is -4.33. The van der Waals surface area contributed by atoms with Gasteiger partial charge in [-0.25, -0.2) is 9.97 Å². The van der Waals surface area contributed by atoms with Gasteiger partial charge in [-0.2, -0.15) is 13.2 Å². The number of alkyl halides is 3. The van der Waals surface area contributed by atoms with Gasteiger partial charge in [-0.1, -0.05) is 6.07 Å². The highest BCUT2D eigenvalue weighted by molar-refractivity contribution is 5.82. The summed E-state index contributed by atoms with van der Waals surface area (Å²) in [5.74, 6) is 0.155. The fourth-order valence-electron chi connectivity index (χ4n) is 2.30. The molecule has 25 heavy (non-hydrogen) atoms. The maximum atomic E-state index is 12.5. The average molecular weight is 348 g/mol. The first-order valence-electron chi connectivity index (χ1n) is 7.13. The first kappa shape index (κ1) is 16.6. The van der Waals surface area contributed by atoms with Crippen LogP contribution in [0.25, 0.3) is 23.1 Å². The van der Waals surface area contributed by atoms with E-state index >= 15 is 0 Å². The molecule has 0 amide bonds. The van der Waals surface area contributed by atoms with E-state index in [-0.39, 0.29) is 11.5 Å². The van der Waals surface area contributed by atoms with Crippen LogP contribution in [-0.2, 0) is 6.54 Å². The van der Waals surface area contributed by atoms with Crippen LogP contribution in [0.4, 0.5) is 18.9 Å². The third kappa shape index (κ3) is 4.00. The Bertz CT molecular complexity index is 963. The van der Waals surface area contributed by atoms with Crippen LogP contribution in [0.2, 0.25) is 0 Å². The molecule has 9 heteroatoms. The van der Waals surface area contributed by atoms with E-state index in [2.05, 4.69) is 9.97 Å². The van der Waals surface area contributed by atoms with Crippen molar-refractivity contribution in [1.29, 1.82) is 0 Å². The number of hydrogen-bond acceptors (Lipinski definition) is 4. The van der Waals surface area contributed by atoms with Gasteiger partial charge < -0.3 is 4.57 Å². The van der Waals surface area contributed by atoms with Gasteiger partial charge in [0.2, 0.25) is 0 Å². The van der Waals surface area contributed by atoms with Crippen molar-refractivity contribution >= 4 is 28.7 Å². The molecule has 2 heterocycles. The van der Waals surface area contributed by atoms with Gasteiger partial charge in [-0.05, 0) is 24.3 Å². The molecule has 0 aliphatic carbocycles. The van der Waals surface area contributed by atoms with Gasteiger partial charge in [0.15, 0.2) is 0 Å². The number of fused-ring (bicyclic) bond motifs is 1. The summed E-state index contributed by atoms with van der Waals surface area (Å²) in [5, 5.41) is 11.4. The Labute approximate surface area is 139 Å². The van der Waals surface area contributed by atoms with E-state index in [1.54, 1.807) is 12.1 Å². The first-order chi connectivity index (χ1) is 11.8. The smallest absolute Gasteiger partial charge is 0.322 e. The monoisotopic (exact) mass is 348 g/mol. The normalized spacial score (nSPS) is 12.1. The summed E-state index contributed by atoms with van der Waals surface area (Å²) < 4.78 is 38.5. The lowest BCUT2D eigenvalue weighted by Gasteiger charge is -2.08. The summed E-state index contributed by atoms with van der Waals surface area (Å²) in [5.41, 5.74) is 1.01. The zero-order valence-corrected chi connectivity index (χ0v) is 12.6. The van der Waals surface area contributed by atoms with Crippen LogP contribution in [0.5, 0.6) is 0 Å². The Kier molecular flexibility index (Phi) is 4.22. The number of halogens is 3. The lowest BCUT2D eigenvalue weighted by molar-refractivity contribution is -0.384. The van der Waals surface area contributed by atoms with E-state index in [1.807, 2.05) is 0 Å². The molecule has 0 saturated carbocycles. The van der Waals surface area contributed by atoms with Crippen molar-refractivity contribution in [3.63, 3.8) is 0 Å². The van der Waals surface area contributed by atoms with Gasteiger partial charge in [-0.15, -0.1) is 0 Å². The van der Waals surface area contributed by atoms with E-state index in [9.17, 15) is 23.3 Å². The van der Waals surface area contributed by atoms with Crippen LogP contribution in [0.3, 0.4) is 0 Å². The fourth-order valence-corrected chi connectivity index (χ4v) is 2.30. The van der Waals surface area contributed by atoms with Crippen molar-refractivity contribution in [3.8, 4) is 0 Å². The number of rotatable bonds is 4. The predicted molar refractivity (Wildman–Crippen MR) is 85.6 cm³/mol. The average Bonchev–Trinajstić information content (AvgIpc) is 2.97. The van der Waals surface area contributed by atoms with E-state index < -0.39 is 17.6 Å². The number of benzene rings is 1. The van der Waals surface area contributed by atoms with Crippen LogP contribution in [0.1, 0.15) is 11.5 Å². The Balaban J connectivity index is 1.86. The van der Waals surface area contributed by atoms with Crippen LogP contribution in [-0.4, -0.2) is 25.6 Å². The molecule has 0 N–H and O–H groups in total. The van der Waals surface area contributed by atoms with Crippen LogP contribution in [0, 0.1) is 10.1 Å². The third-order valence-corrected chi connectivity index (χ3v) is 3.41. The maximum absolute atomic E-state index is 12.5. The Morgan fingerprint density at radius 3 is 2.72 bits per heavy atom. The fraction of sp³-hybridized carbons (Fsp3) is 0.125. The van der Waals surface area contributed by atoms with Gasteiger partial charge >= 0.3 is 6.18 Å². The van der Waals surface area contributed by atoms with E-state index in [4.69, 9.17) is 0 Å². The molecule has 0 aliphatic rings. The van der Waals surface area contributed by atoms with Crippen molar-refractivity contribution < 1.29 is 18.1 Å². The first-order valence-corrected chi connectivity index (χ1v) is 7.13. The number of nitro benzene ring substituents is 1. The lowest BCUT2D eigenvalue weighted by atomic mass is 10.2. The van der Waals surface area contributed by atoms with E-state index in [1.165, 1.54) is 42.7 Å². The van der Waals surface area contributed by atoms with Gasteiger partial charge in [0.05, 0.1) is 16.1 Å². The van der Waals surface area contributed by atoms with E-state index in [0.717, 1.165) is 4.57 Å². The van der Waals surface area contributed by atoms with Crippen molar-refractivity contribution in [1.82, 2.24) is 14.5 Å². The topological polar surface area (TPSA) is 73.8 Å². The maximum Gasteiger partial charge on any atom is 0.406 e. The molecule has 0 saturated heterocycles. The Morgan fingerprint density at radius 2 is 2.00 bits per heavy atom. The van der Waals surface area contributed by atoms with Crippen LogP contribution < -0.4 is 0 Å². The molecule has 0 bridgehead atoms. The molecule has 0 spiro atoms. The predicted octanol–water partition coefficient (Wildman–Crippen LogP) is 4.07.